The van der Waals surface area contributed by atoms with Crippen LogP contribution in [0.25, 0.3) is 0 Å². The molecule has 1 aromatic heterocycles. The van der Waals surface area contributed by atoms with Gasteiger partial charge in [0.2, 0.25) is 5.95 Å². The maximum Gasteiger partial charge on any atom is 0.224 e. The van der Waals surface area contributed by atoms with E-state index in [1.807, 2.05) is 14.0 Å². The van der Waals surface area contributed by atoms with Crippen LogP contribution < -0.4 is 10.2 Å². The van der Waals surface area contributed by atoms with Gasteiger partial charge in [-0.3, -0.25) is 0 Å². The Bertz CT molecular complexity index is 391. The number of anilines is 2. The fourth-order valence-electron chi connectivity index (χ4n) is 2.71. The van der Waals surface area contributed by atoms with E-state index >= 15 is 0 Å². The zero-order chi connectivity index (χ0) is 13.0. The first-order valence-electron chi connectivity index (χ1n) is 7.04. The minimum absolute atomic E-state index is 0.631. The smallest absolute Gasteiger partial charge is 0.224 e. The maximum absolute atomic E-state index is 4.62. The third kappa shape index (κ3) is 2.92. The molecule has 4 heteroatoms. The van der Waals surface area contributed by atoms with Crippen LogP contribution in [0.1, 0.15) is 44.7 Å². The van der Waals surface area contributed by atoms with Crippen LogP contribution >= 0.6 is 0 Å². The van der Waals surface area contributed by atoms with Gasteiger partial charge in [0.05, 0.1) is 0 Å². The molecule has 100 valence electrons. The Balaban J connectivity index is 2.29. The summed E-state index contributed by atoms with van der Waals surface area (Å²) in [4.78, 5) is 11.5. The van der Waals surface area contributed by atoms with Crippen molar-refractivity contribution in [2.75, 3.05) is 23.8 Å². The van der Waals surface area contributed by atoms with E-state index in [1.165, 1.54) is 32.1 Å². The summed E-state index contributed by atoms with van der Waals surface area (Å²) in [7, 11) is 1.87. The van der Waals surface area contributed by atoms with Gasteiger partial charge in [0.1, 0.15) is 5.82 Å². The van der Waals surface area contributed by atoms with Gasteiger partial charge in [-0.25, -0.2) is 4.98 Å². The number of hydrogen-bond donors (Lipinski definition) is 1. The molecule has 0 aromatic carbocycles. The van der Waals surface area contributed by atoms with Gasteiger partial charge >= 0.3 is 0 Å². The molecule has 2 rings (SSSR count). The molecule has 1 aromatic rings. The van der Waals surface area contributed by atoms with Gasteiger partial charge < -0.3 is 10.2 Å². The summed E-state index contributed by atoms with van der Waals surface area (Å²) in [6.45, 7) is 5.43. The van der Waals surface area contributed by atoms with Crippen LogP contribution in [0.15, 0.2) is 6.07 Å². The standard InChI is InChI=1S/C14H24N4/c1-4-12-8-6-5-7-9-18(12)13-10-11(2)16-14(15-3)17-13/h10,12H,4-9H2,1-3H3,(H,15,16,17). The predicted octanol–water partition coefficient (Wildman–Crippen LogP) is 2.99. The van der Waals surface area contributed by atoms with Crippen molar-refractivity contribution >= 4 is 11.8 Å². The molecule has 0 saturated carbocycles. The molecule has 1 fully saturated rings. The predicted molar refractivity (Wildman–Crippen MR) is 76.2 cm³/mol. The first-order valence-corrected chi connectivity index (χ1v) is 7.04. The Morgan fingerprint density at radius 3 is 2.89 bits per heavy atom. The van der Waals surface area contributed by atoms with E-state index in [1.54, 1.807) is 0 Å². The Morgan fingerprint density at radius 1 is 1.33 bits per heavy atom. The minimum Gasteiger partial charge on any atom is -0.357 e. The first-order chi connectivity index (χ1) is 8.74. The molecule has 0 spiro atoms. The van der Waals surface area contributed by atoms with Gasteiger partial charge in [-0.05, 0) is 26.2 Å². The van der Waals surface area contributed by atoms with Crippen molar-refractivity contribution in [2.24, 2.45) is 0 Å². The van der Waals surface area contributed by atoms with Crippen molar-refractivity contribution in [3.63, 3.8) is 0 Å². The molecule has 0 bridgehead atoms. The second-order valence-electron chi connectivity index (χ2n) is 5.05. The summed E-state index contributed by atoms with van der Waals surface area (Å²) in [6, 6.07) is 2.74. The normalized spacial score (nSPS) is 20.6. The molecule has 1 N–H and O–H groups in total. The molecule has 0 aliphatic carbocycles. The van der Waals surface area contributed by atoms with Crippen LogP contribution in [0.4, 0.5) is 11.8 Å². The van der Waals surface area contributed by atoms with Crippen molar-refractivity contribution in [3.8, 4) is 0 Å². The third-order valence-electron chi connectivity index (χ3n) is 3.71. The Hall–Kier alpha value is -1.32. The SMILES string of the molecule is CCC1CCCCCN1c1cc(C)nc(NC)n1. The second kappa shape index (κ2) is 6.03. The summed E-state index contributed by atoms with van der Waals surface area (Å²) in [5.41, 5.74) is 1.03. The van der Waals surface area contributed by atoms with E-state index in [9.17, 15) is 0 Å². The number of aromatic nitrogens is 2. The van der Waals surface area contributed by atoms with Crippen molar-refractivity contribution in [3.05, 3.63) is 11.8 Å². The van der Waals surface area contributed by atoms with Crippen molar-refractivity contribution in [1.29, 1.82) is 0 Å². The van der Waals surface area contributed by atoms with Gasteiger partial charge in [0, 0.05) is 31.4 Å². The molecule has 1 atom stereocenters. The number of rotatable bonds is 3. The fourth-order valence-corrected chi connectivity index (χ4v) is 2.71. The molecule has 1 unspecified atom stereocenters. The topological polar surface area (TPSA) is 41.1 Å². The summed E-state index contributed by atoms with van der Waals surface area (Å²) in [5.74, 6) is 1.81. The van der Waals surface area contributed by atoms with E-state index in [0.29, 0.717) is 6.04 Å². The Morgan fingerprint density at radius 2 is 2.17 bits per heavy atom. The molecule has 4 nitrogen and oxygen atoms in total. The highest BCUT2D eigenvalue weighted by molar-refractivity contribution is 5.45. The molecule has 1 aliphatic rings. The van der Waals surface area contributed by atoms with E-state index in [-0.39, 0.29) is 0 Å². The van der Waals surface area contributed by atoms with E-state index < -0.39 is 0 Å². The number of nitrogens with one attached hydrogen (secondary N) is 1. The summed E-state index contributed by atoms with van der Waals surface area (Å²) < 4.78 is 0. The Kier molecular flexibility index (Phi) is 4.39. The van der Waals surface area contributed by atoms with Gasteiger partial charge in [0.15, 0.2) is 0 Å². The lowest BCUT2D eigenvalue weighted by Gasteiger charge is -2.30. The van der Waals surface area contributed by atoms with E-state index in [0.717, 1.165) is 24.0 Å². The summed E-state index contributed by atoms with van der Waals surface area (Å²) in [6.07, 6.45) is 6.44. The van der Waals surface area contributed by atoms with Crippen LogP contribution in [0, 0.1) is 6.92 Å². The van der Waals surface area contributed by atoms with Crippen LogP contribution in [0.5, 0.6) is 0 Å². The largest absolute Gasteiger partial charge is 0.357 e. The van der Waals surface area contributed by atoms with Gasteiger partial charge in [-0.15, -0.1) is 0 Å². The first kappa shape index (κ1) is 13.1. The summed E-state index contributed by atoms with van der Waals surface area (Å²) in [5, 5.41) is 3.05. The van der Waals surface area contributed by atoms with Crippen molar-refractivity contribution in [1.82, 2.24) is 9.97 Å². The van der Waals surface area contributed by atoms with E-state index in [2.05, 4.69) is 33.2 Å². The molecule has 1 aliphatic heterocycles. The van der Waals surface area contributed by atoms with Gasteiger partial charge in [-0.2, -0.15) is 4.98 Å². The fraction of sp³-hybridized carbons (Fsp3) is 0.714. The molecule has 1 saturated heterocycles. The van der Waals surface area contributed by atoms with Gasteiger partial charge in [-0.1, -0.05) is 19.8 Å². The second-order valence-corrected chi connectivity index (χ2v) is 5.05. The van der Waals surface area contributed by atoms with Gasteiger partial charge in [0.25, 0.3) is 0 Å². The number of hydrogen-bond acceptors (Lipinski definition) is 4. The highest BCUT2D eigenvalue weighted by atomic mass is 15.2. The molecule has 0 radical (unpaired) electrons. The minimum atomic E-state index is 0.631. The number of aryl methyl sites for hydroxylation is 1. The summed E-state index contributed by atoms with van der Waals surface area (Å²) >= 11 is 0. The lowest BCUT2D eigenvalue weighted by Crippen LogP contribution is -2.35. The zero-order valence-electron chi connectivity index (χ0n) is 11.7. The lowest BCUT2D eigenvalue weighted by molar-refractivity contribution is 0.552. The quantitative estimate of drug-likeness (QED) is 0.893. The number of nitrogens with zero attached hydrogens (tertiary/aromatic N) is 3. The van der Waals surface area contributed by atoms with Crippen LogP contribution in [0.2, 0.25) is 0 Å². The average molecular weight is 248 g/mol. The molecular formula is C14H24N4. The Labute approximate surface area is 110 Å². The molecule has 0 amide bonds. The van der Waals surface area contributed by atoms with Crippen LogP contribution in [0.3, 0.4) is 0 Å². The van der Waals surface area contributed by atoms with E-state index in [4.69, 9.17) is 0 Å². The monoisotopic (exact) mass is 248 g/mol. The highest BCUT2D eigenvalue weighted by Crippen LogP contribution is 2.25. The molecule has 18 heavy (non-hydrogen) atoms. The third-order valence-corrected chi connectivity index (χ3v) is 3.71. The van der Waals surface area contributed by atoms with Crippen LogP contribution in [-0.2, 0) is 0 Å². The molecule has 2 heterocycles. The zero-order valence-corrected chi connectivity index (χ0v) is 11.7. The van der Waals surface area contributed by atoms with Crippen LogP contribution in [-0.4, -0.2) is 29.6 Å². The lowest BCUT2D eigenvalue weighted by atomic mass is 10.1. The average Bonchev–Trinajstić information content (AvgIpc) is 2.62. The highest BCUT2D eigenvalue weighted by Gasteiger charge is 2.21. The van der Waals surface area contributed by atoms with Crippen molar-refractivity contribution in [2.45, 2.75) is 52.0 Å². The molecular weight excluding hydrogens is 224 g/mol. The van der Waals surface area contributed by atoms with Crippen molar-refractivity contribution < 1.29 is 0 Å². The maximum atomic E-state index is 4.62.